The summed E-state index contributed by atoms with van der Waals surface area (Å²) in [5.74, 6) is -0.723. The molecule has 2 aromatic carbocycles. The highest BCUT2D eigenvalue weighted by atomic mass is 35.5. The molecule has 1 aliphatic heterocycles. The number of nitriles is 2. The Balaban J connectivity index is 2.32. The van der Waals surface area contributed by atoms with E-state index in [0.29, 0.717) is 20.6 Å². The number of rotatable bonds is 3. The number of hydrogen-bond acceptors (Lipinski definition) is 5. The lowest BCUT2D eigenvalue weighted by atomic mass is 9.65. The Kier molecular flexibility index (Phi) is 5.88. The van der Waals surface area contributed by atoms with Crippen LogP contribution in [0.15, 0.2) is 59.1 Å². The molecule has 3 atom stereocenters. The van der Waals surface area contributed by atoms with Crippen LogP contribution in [0.5, 0.6) is 0 Å². The second kappa shape index (κ2) is 8.03. The standard InChI is InChI=1S/C20H14Cl2N4S2/c21-13-5-1-11(2-6-13)16-15(9-23)18(25)28-17(20(16,10-24)19(26)27)12-3-7-14(22)8-4-12/h1-8,16-17H,25H2,(H2,26,27). The highest BCUT2D eigenvalue weighted by molar-refractivity contribution is 8.03. The number of allylic oxidation sites excluding steroid dienone is 1. The average Bonchev–Trinajstić information content (AvgIpc) is 2.68. The predicted molar refractivity (Wildman–Crippen MR) is 118 cm³/mol. The van der Waals surface area contributed by atoms with Gasteiger partial charge in [0.05, 0.1) is 33.0 Å². The Labute approximate surface area is 182 Å². The number of hydrogen-bond donors (Lipinski definition) is 2. The zero-order valence-electron chi connectivity index (χ0n) is 14.4. The van der Waals surface area contributed by atoms with Crippen LogP contribution in [0.25, 0.3) is 0 Å². The molecule has 28 heavy (non-hydrogen) atoms. The van der Waals surface area contributed by atoms with Gasteiger partial charge in [0.15, 0.2) is 0 Å². The molecule has 2 aromatic rings. The minimum Gasteiger partial charge on any atom is -0.393 e. The largest absolute Gasteiger partial charge is 0.393 e. The molecule has 0 amide bonds. The highest BCUT2D eigenvalue weighted by Gasteiger charge is 2.55. The van der Waals surface area contributed by atoms with Crippen molar-refractivity contribution < 1.29 is 0 Å². The first kappa shape index (κ1) is 20.5. The van der Waals surface area contributed by atoms with Gasteiger partial charge in [0.1, 0.15) is 5.41 Å². The summed E-state index contributed by atoms with van der Waals surface area (Å²) in [6.45, 7) is 0. The minimum absolute atomic E-state index is 0.00245. The van der Waals surface area contributed by atoms with E-state index in [0.717, 1.165) is 5.56 Å². The molecular formula is C20H14Cl2N4S2. The summed E-state index contributed by atoms with van der Waals surface area (Å²) in [5.41, 5.74) is 12.8. The Morgan fingerprint density at radius 2 is 1.50 bits per heavy atom. The number of benzene rings is 2. The first-order chi connectivity index (χ1) is 13.3. The third-order valence-electron chi connectivity index (χ3n) is 4.76. The van der Waals surface area contributed by atoms with Crippen molar-refractivity contribution in [3.63, 3.8) is 0 Å². The molecule has 4 nitrogen and oxygen atoms in total. The summed E-state index contributed by atoms with van der Waals surface area (Å²) >= 11 is 18.6. The third kappa shape index (κ3) is 3.34. The zero-order valence-corrected chi connectivity index (χ0v) is 17.5. The van der Waals surface area contributed by atoms with Crippen LogP contribution in [0.3, 0.4) is 0 Å². The van der Waals surface area contributed by atoms with Crippen molar-refractivity contribution >= 4 is 52.2 Å². The molecule has 4 N–H and O–H groups in total. The summed E-state index contributed by atoms with van der Waals surface area (Å²) < 4.78 is 0. The fourth-order valence-electron chi connectivity index (χ4n) is 3.43. The molecule has 8 heteroatoms. The number of thioether (sulfide) groups is 1. The zero-order chi connectivity index (χ0) is 20.5. The van der Waals surface area contributed by atoms with E-state index in [1.807, 2.05) is 12.1 Å². The molecule has 140 valence electrons. The van der Waals surface area contributed by atoms with Crippen LogP contribution >= 0.6 is 47.2 Å². The van der Waals surface area contributed by atoms with Gasteiger partial charge in [0.25, 0.3) is 0 Å². The van der Waals surface area contributed by atoms with E-state index in [-0.39, 0.29) is 10.6 Å². The van der Waals surface area contributed by atoms with Gasteiger partial charge < -0.3 is 11.5 Å². The first-order valence-corrected chi connectivity index (χ1v) is 10.2. The van der Waals surface area contributed by atoms with E-state index in [2.05, 4.69) is 12.1 Å². The average molecular weight is 445 g/mol. The molecule has 1 heterocycles. The van der Waals surface area contributed by atoms with Crippen molar-refractivity contribution in [3.05, 3.63) is 80.3 Å². The van der Waals surface area contributed by atoms with Crippen LogP contribution in [-0.4, -0.2) is 4.99 Å². The molecular weight excluding hydrogens is 431 g/mol. The number of nitrogens with zero attached hydrogens (tertiary/aromatic N) is 2. The lowest BCUT2D eigenvalue weighted by Gasteiger charge is -2.44. The number of halogens is 2. The third-order valence-corrected chi connectivity index (χ3v) is 6.95. The van der Waals surface area contributed by atoms with E-state index in [4.69, 9.17) is 46.9 Å². The Bertz CT molecular complexity index is 1040. The molecule has 1 aliphatic rings. The SMILES string of the molecule is N#CC1=C(N)SC(c2ccc(Cl)cc2)C(C#N)(C(N)=S)C1c1ccc(Cl)cc1. The van der Waals surface area contributed by atoms with Gasteiger partial charge in [-0.2, -0.15) is 10.5 Å². The van der Waals surface area contributed by atoms with Gasteiger partial charge >= 0.3 is 0 Å². The van der Waals surface area contributed by atoms with Gasteiger partial charge in [-0.05, 0) is 35.4 Å². The Morgan fingerprint density at radius 3 is 1.93 bits per heavy atom. The lowest BCUT2D eigenvalue weighted by Crippen LogP contribution is -2.46. The Morgan fingerprint density at radius 1 is 1.00 bits per heavy atom. The van der Waals surface area contributed by atoms with E-state index >= 15 is 0 Å². The van der Waals surface area contributed by atoms with Crippen LogP contribution in [-0.2, 0) is 0 Å². The predicted octanol–water partition coefficient (Wildman–Crippen LogP) is 5.06. The normalized spacial score (nSPS) is 24.3. The quantitative estimate of drug-likeness (QED) is 0.641. The molecule has 0 bridgehead atoms. The van der Waals surface area contributed by atoms with Crippen molar-refractivity contribution in [2.45, 2.75) is 11.2 Å². The first-order valence-electron chi connectivity index (χ1n) is 8.13. The topological polar surface area (TPSA) is 99.6 Å². The number of nitrogens with two attached hydrogens (primary N) is 2. The molecule has 0 aromatic heterocycles. The van der Waals surface area contributed by atoms with Crippen molar-refractivity contribution in [3.8, 4) is 12.1 Å². The second-order valence-corrected chi connectivity index (χ2v) is 8.73. The highest BCUT2D eigenvalue weighted by Crippen LogP contribution is 2.60. The van der Waals surface area contributed by atoms with Gasteiger partial charge in [-0.15, -0.1) is 0 Å². The van der Waals surface area contributed by atoms with Crippen LogP contribution in [0, 0.1) is 28.1 Å². The molecule has 0 fully saturated rings. The van der Waals surface area contributed by atoms with E-state index in [1.165, 1.54) is 11.8 Å². The smallest absolute Gasteiger partial charge is 0.135 e. The van der Waals surface area contributed by atoms with Gasteiger partial charge in [-0.1, -0.05) is 71.4 Å². The van der Waals surface area contributed by atoms with Crippen LogP contribution in [0.2, 0.25) is 10.0 Å². The molecule has 0 radical (unpaired) electrons. The monoisotopic (exact) mass is 444 g/mol. The van der Waals surface area contributed by atoms with Crippen LogP contribution in [0.1, 0.15) is 22.3 Å². The fraction of sp³-hybridized carbons (Fsp3) is 0.150. The van der Waals surface area contributed by atoms with Crippen molar-refractivity contribution in [1.29, 1.82) is 10.5 Å². The van der Waals surface area contributed by atoms with E-state index in [1.54, 1.807) is 36.4 Å². The van der Waals surface area contributed by atoms with Gasteiger partial charge in [-0.25, -0.2) is 0 Å². The van der Waals surface area contributed by atoms with Crippen molar-refractivity contribution in [2.75, 3.05) is 0 Å². The maximum Gasteiger partial charge on any atom is 0.135 e. The molecule has 3 rings (SSSR count). The van der Waals surface area contributed by atoms with Gasteiger partial charge in [0.2, 0.25) is 0 Å². The van der Waals surface area contributed by atoms with Crippen LogP contribution < -0.4 is 11.5 Å². The van der Waals surface area contributed by atoms with Crippen LogP contribution in [0.4, 0.5) is 0 Å². The van der Waals surface area contributed by atoms with E-state index in [9.17, 15) is 10.5 Å². The van der Waals surface area contributed by atoms with Gasteiger partial charge in [0, 0.05) is 16.0 Å². The molecule has 0 spiro atoms. The maximum absolute atomic E-state index is 10.3. The number of thiocarbonyl (C=S) groups is 1. The van der Waals surface area contributed by atoms with Crippen molar-refractivity contribution in [2.24, 2.45) is 16.9 Å². The molecule has 3 unspecified atom stereocenters. The fourth-order valence-corrected chi connectivity index (χ4v) is 5.37. The maximum atomic E-state index is 10.3. The second-order valence-electron chi connectivity index (χ2n) is 6.27. The van der Waals surface area contributed by atoms with E-state index < -0.39 is 16.6 Å². The summed E-state index contributed by atoms with van der Waals surface area (Å²) in [6, 6.07) is 18.5. The molecule has 0 aliphatic carbocycles. The molecule has 0 saturated carbocycles. The summed E-state index contributed by atoms with van der Waals surface area (Å²) in [7, 11) is 0. The lowest BCUT2D eigenvalue weighted by molar-refractivity contribution is 0.462. The van der Waals surface area contributed by atoms with Crippen molar-refractivity contribution in [1.82, 2.24) is 0 Å². The minimum atomic E-state index is -1.37. The summed E-state index contributed by atoms with van der Waals surface area (Å²) in [4.78, 5) is 0.00245. The Hall–Kier alpha value is -2.22. The summed E-state index contributed by atoms with van der Waals surface area (Å²) in [6.07, 6.45) is 0. The molecule has 0 saturated heterocycles. The van der Waals surface area contributed by atoms with Gasteiger partial charge in [-0.3, -0.25) is 0 Å². The summed E-state index contributed by atoms with van der Waals surface area (Å²) in [5, 5.41) is 21.1.